The molecule has 1 unspecified atom stereocenters. The van der Waals surface area contributed by atoms with Crippen LogP contribution < -0.4 is 10.2 Å². The highest BCUT2D eigenvalue weighted by Crippen LogP contribution is 2.18. The van der Waals surface area contributed by atoms with Crippen molar-refractivity contribution in [1.29, 1.82) is 0 Å². The summed E-state index contributed by atoms with van der Waals surface area (Å²) in [6.45, 7) is 5.75. The van der Waals surface area contributed by atoms with Crippen molar-refractivity contribution in [2.24, 2.45) is 0 Å². The Kier molecular flexibility index (Phi) is 5.81. The minimum atomic E-state index is -0.411. The maximum atomic E-state index is 12.2. The third-order valence-corrected chi connectivity index (χ3v) is 3.58. The summed E-state index contributed by atoms with van der Waals surface area (Å²) in [7, 11) is 1.64. The summed E-state index contributed by atoms with van der Waals surface area (Å²) in [5.41, 5.74) is 1.37. The van der Waals surface area contributed by atoms with Gasteiger partial charge in [0.1, 0.15) is 0 Å². The maximum Gasteiger partial charge on any atom is 0.413 e. The van der Waals surface area contributed by atoms with Gasteiger partial charge in [-0.05, 0) is 38.1 Å². The molecule has 0 aromatic heterocycles. The van der Waals surface area contributed by atoms with E-state index in [2.05, 4.69) is 5.32 Å². The van der Waals surface area contributed by atoms with Crippen molar-refractivity contribution in [2.45, 2.75) is 20.0 Å². The predicted molar refractivity (Wildman–Crippen MR) is 87.9 cm³/mol. The number of benzene rings is 1. The quantitative estimate of drug-likeness (QED) is 0.928. The first-order valence-corrected chi connectivity index (χ1v) is 7.69. The molecule has 2 rings (SSSR count). The standard InChI is InChI=1S/C16H23N3O4/c1-4-22-16(21)18(3)14-7-5-13(6-8-14)17-15(20)19-9-10-23-12(2)11-19/h5-8,12H,4,9-11H2,1-3H3,(H,17,20). The second-order valence-corrected chi connectivity index (χ2v) is 5.36. The molecule has 0 aliphatic carbocycles. The minimum absolute atomic E-state index is 0.0510. The van der Waals surface area contributed by atoms with Crippen LogP contribution in [0.3, 0.4) is 0 Å². The molecule has 7 nitrogen and oxygen atoms in total. The van der Waals surface area contributed by atoms with Gasteiger partial charge in [-0.25, -0.2) is 9.59 Å². The first-order valence-electron chi connectivity index (χ1n) is 7.69. The Morgan fingerprint density at radius 3 is 2.70 bits per heavy atom. The van der Waals surface area contributed by atoms with Crippen LogP contribution in [-0.4, -0.2) is 56.5 Å². The molecule has 23 heavy (non-hydrogen) atoms. The van der Waals surface area contributed by atoms with E-state index in [9.17, 15) is 9.59 Å². The topological polar surface area (TPSA) is 71.1 Å². The number of rotatable bonds is 3. The van der Waals surface area contributed by atoms with E-state index in [1.165, 1.54) is 4.90 Å². The zero-order valence-electron chi connectivity index (χ0n) is 13.7. The number of carbonyl (C=O) groups excluding carboxylic acids is 2. The first kappa shape index (κ1) is 17.1. The Morgan fingerprint density at radius 2 is 2.09 bits per heavy atom. The average molecular weight is 321 g/mol. The number of amides is 3. The normalized spacial score (nSPS) is 17.5. The van der Waals surface area contributed by atoms with Crippen LogP contribution in [0.2, 0.25) is 0 Å². The zero-order chi connectivity index (χ0) is 16.8. The van der Waals surface area contributed by atoms with Gasteiger partial charge >= 0.3 is 12.1 Å². The SMILES string of the molecule is CCOC(=O)N(C)c1ccc(NC(=O)N2CCOC(C)C2)cc1. The molecule has 0 spiro atoms. The molecule has 7 heteroatoms. The number of hydrogen-bond acceptors (Lipinski definition) is 4. The van der Waals surface area contributed by atoms with E-state index in [4.69, 9.17) is 9.47 Å². The summed E-state index contributed by atoms with van der Waals surface area (Å²) in [6, 6.07) is 6.88. The van der Waals surface area contributed by atoms with Gasteiger partial charge in [-0.2, -0.15) is 0 Å². The second kappa shape index (κ2) is 7.82. The Labute approximate surface area is 136 Å². The smallest absolute Gasteiger partial charge is 0.413 e. The van der Waals surface area contributed by atoms with Gasteiger partial charge in [0, 0.05) is 31.5 Å². The van der Waals surface area contributed by atoms with Crippen LogP contribution in [0.5, 0.6) is 0 Å². The van der Waals surface area contributed by atoms with E-state index in [1.54, 1.807) is 43.1 Å². The van der Waals surface area contributed by atoms with E-state index in [0.29, 0.717) is 37.7 Å². The molecule has 1 fully saturated rings. The number of morpholine rings is 1. The summed E-state index contributed by atoms with van der Waals surface area (Å²) >= 11 is 0. The van der Waals surface area contributed by atoms with Crippen molar-refractivity contribution < 1.29 is 19.1 Å². The van der Waals surface area contributed by atoms with Gasteiger partial charge in [-0.3, -0.25) is 4.90 Å². The van der Waals surface area contributed by atoms with Gasteiger partial charge < -0.3 is 19.7 Å². The number of nitrogens with zero attached hydrogens (tertiary/aromatic N) is 2. The lowest BCUT2D eigenvalue weighted by atomic mass is 10.2. The Balaban J connectivity index is 1.94. The van der Waals surface area contributed by atoms with Gasteiger partial charge in [-0.15, -0.1) is 0 Å². The highest BCUT2D eigenvalue weighted by atomic mass is 16.6. The molecule has 1 aliphatic heterocycles. The number of urea groups is 1. The van der Waals surface area contributed by atoms with Crippen molar-refractivity contribution in [1.82, 2.24) is 4.90 Å². The Morgan fingerprint density at radius 1 is 1.39 bits per heavy atom. The van der Waals surface area contributed by atoms with E-state index in [1.807, 2.05) is 6.92 Å². The molecule has 1 N–H and O–H groups in total. The summed E-state index contributed by atoms with van der Waals surface area (Å²) < 4.78 is 10.4. The van der Waals surface area contributed by atoms with Crippen LogP contribution in [-0.2, 0) is 9.47 Å². The fraction of sp³-hybridized carbons (Fsp3) is 0.500. The highest BCUT2D eigenvalue weighted by Gasteiger charge is 2.21. The van der Waals surface area contributed by atoms with Crippen LogP contribution in [0.25, 0.3) is 0 Å². The van der Waals surface area contributed by atoms with Crippen molar-refractivity contribution in [3.63, 3.8) is 0 Å². The van der Waals surface area contributed by atoms with Gasteiger partial charge in [0.15, 0.2) is 0 Å². The molecule has 0 radical (unpaired) electrons. The van der Waals surface area contributed by atoms with E-state index >= 15 is 0 Å². The molecular weight excluding hydrogens is 298 g/mol. The lowest BCUT2D eigenvalue weighted by molar-refractivity contribution is -0.00138. The second-order valence-electron chi connectivity index (χ2n) is 5.36. The lowest BCUT2D eigenvalue weighted by Gasteiger charge is -2.31. The molecule has 1 aliphatic rings. The van der Waals surface area contributed by atoms with Gasteiger partial charge in [0.2, 0.25) is 0 Å². The van der Waals surface area contributed by atoms with E-state index in [0.717, 1.165) is 0 Å². The predicted octanol–water partition coefficient (Wildman–Crippen LogP) is 2.53. The molecule has 126 valence electrons. The summed E-state index contributed by atoms with van der Waals surface area (Å²) in [5, 5.41) is 2.85. The number of nitrogens with one attached hydrogen (secondary N) is 1. The van der Waals surface area contributed by atoms with Gasteiger partial charge in [0.05, 0.1) is 19.3 Å². The van der Waals surface area contributed by atoms with Crippen LogP contribution in [0.1, 0.15) is 13.8 Å². The molecule has 1 aromatic carbocycles. The average Bonchev–Trinajstić information content (AvgIpc) is 2.55. The summed E-state index contributed by atoms with van der Waals surface area (Å²) in [5.74, 6) is 0. The number of ether oxygens (including phenoxy) is 2. The third kappa shape index (κ3) is 4.59. The number of anilines is 2. The monoisotopic (exact) mass is 321 g/mol. The highest BCUT2D eigenvalue weighted by molar-refractivity contribution is 5.91. The van der Waals surface area contributed by atoms with Crippen LogP contribution >= 0.6 is 0 Å². The lowest BCUT2D eigenvalue weighted by Crippen LogP contribution is -2.46. The van der Waals surface area contributed by atoms with Gasteiger partial charge in [-0.1, -0.05) is 0 Å². The Hall–Kier alpha value is -2.28. The van der Waals surface area contributed by atoms with Crippen molar-refractivity contribution in [3.8, 4) is 0 Å². The first-order chi connectivity index (χ1) is 11.0. The number of hydrogen-bond donors (Lipinski definition) is 1. The van der Waals surface area contributed by atoms with Crippen molar-refractivity contribution >= 4 is 23.5 Å². The molecule has 1 aromatic rings. The largest absolute Gasteiger partial charge is 0.449 e. The molecule has 0 saturated carbocycles. The van der Waals surface area contributed by atoms with Crippen LogP contribution in [0.4, 0.5) is 21.0 Å². The van der Waals surface area contributed by atoms with E-state index in [-0.39, 0.29) is 12.1 Å². The molecule has 1 saturated heterocycles. The van der Waals surface area contributed by atoms with Crippen LogP contribution in [0, 0.1) is 0 Å². The molecule has 0 bridgehead atoms. The fourth-order valence-corrected chi connectivity index (χ4v) is 2.30. The molecule has 1 atom stereocenters. The Bertz CT molecular complexity index is 547. The maximum absolute atomic E-state index is 12.2. The fourth-order valence-electron chi connectivity index (χ4n) is 2.30. The summed E-state index contributed by atoms with van der Waals surface area (Å²) in [4.78, 5) is 27.0. The third-order valence-electron chi connectivity index (χ3n) is 3.58. The van der Waals surface area contributed by atoms with Gasteiger partial charge in [0.25, 0.3) is 0 Å². The van der Waals surface area contributed by atoms with Crippen molar-refractivity contribution in [3.05, 3.63) is 24.3 Å². The molecule has 1 heterocycles. The molecular formula is C16H23N3O4. The summed E-state index contributed by atoms with van der Waals surface area (Å²) in [6.07, 6.45) is -0.360. The van der Waals surface area contributed by atoms with Crippen LogP contribution in [0.15, 0.2) is 24.3 Å². The molecule has 3 amide bonds. The van der Waals surface area contributed by atoms with Crippen molar-refractivity contribution in [2.75, 3.05) is 43.6 Å². The van der Waals surface area contributed by atoms with E-state index < -0.39 is 6.09 Å². The zero-order valence-corrected chi connectivity index (χ0v) is 13.7. The number of carbonyl (C=O) groups is 2. The minimum Gasteiger partial charge on any atom is -0.449 e.